The highest BCUT2D eigenvalue weighted by Gasteiger charge is 2.11. The first-order chi connectivity index (χ1) is 7.04. The maximum Gasteiger partial charge on any atom is 0.256 e. The maximum absolute atomic E-state index is 11.2. The predicted octanol–water partition coefficient (Wildman–Crippen LogP) is 1.44. The number of carbonyl (C=O) groups excluding carboxylic acids is 1. The number of halogens is 1. The molecule has 1 atom stereocenters. The lowest BCUT2D eigenvalue weighted by molar-refractivity contribution is -0.121. The Kier molecular flexibility index (Phi) is 3.94. The topological polar surface area (TPSA) is 67.2 Å². The van der Waals surface area contributed by atoms with Crippen LogP contribution in [0.1, 0.15) is 12.5 Å². The summed E-state index contributed by atoms with van der Waals surface area (Å²) in [5.41, 5.74) is 3.94. The minimum absolute atomic E-state index is 0.260. The summed E-state index contributed by atoms with van der Waals surface area (Å²) in [6.45, 7) is 3.65. The number of aryl methyl sites for hydroxylation is 1. The number of hydrogen-bond donors (Lipinski definition) is 3. The molecular formula is C10H14ClN3O. The van der Waals surface area contributed by atoms with Gasteiger partial charge in [0, 0.05) is 10.7 Å². The highest BCUT2D eigenvalue weighted by Crippen LogP contribution is 2.20. The molecule has 4 N–H and O–H groups in total. The van der Waals surface area contributed by atoms with E-state index in [2.05, 4.69) is 10.7 Å². The molecule has 82 valence electrons. The Balaban J connectivity index is 2.76. The molecular weight excluding hydrogens is 214 g/mol. The number of hydrogen-bond acceptors (Lipinski definition) is 3. The molecule has 0 saturated heterocycles. The molecule has 4 nitrogen and oxygen atoms in total. The maximum atomic E-state index is 11.2. The van der Waals surface area contributed by atoms with Gasteiger partial charge in [0.15, 0.2) is 0 Å². The molecule has 0 bridgehead atoms. The molecule has 1 rings (SSSR count). The fourth-order valence-electron chi connectivity index (χ4n) is 1.21. The quantitative estimate of drug-likeness (QED) is 0.416. The van der Waals surface area contributed by atoms with Crippen molar-refractivity contribution >= 4 is 23.2 Å². The van der Waals surface area contributed by atoms with Crippen LogP contribution in [-0.2, 0) is 4.79 Å². The number of nitrogens with one attached hydrogen (secondary N) is 2. The molecule has 0 aliphatic rings. The Morgan fingerprint density at radius 3 is 2.73 bits per heavy atom. The average molecular weight is 228 g/mol. The van der Waals surface area contributed by atoms with E-state index in [-0.39, 0.29) is 11.9 Å². The summed E-state index contributed by atoms with van der Waals surface area (Å²) in [5, 5.41) is 3.71. The lowest BCUT2D eigenvalue weighted by Gasteiger charge is -2.15. The van der Waals surface area contributed by atoms with Gasteiger partial charge in [0.05, 0.1) is 0 Å². The fraction of sp³-hybridized carbons (Fsp3) is 0.300. The Labute approximate surface area is 93.8 Å². The molecule has 0 aliphatic heterocycles. The first-order valence-corrected chi connectivity index (χ1v) is 4.95. The predicted molar refractivity (Wildman–Crippen MR) is 61.6 cm³/mol. The zero-order valence-electron chi connectivity index (χ0n) is 8.67. The fourth-order valence-corrected chi connectivity index (χ4v) is 1.44. The van der Waals surface area contributed by atoms with Gasteiger partial charge >= 0.3 is 0 Å². The summed E-state index contributed by atoms with van der Waals surface area (Å²) >= 11 is 5.82. The second kappa shape index (κ2) is 5.00. The van der Waals surface area contributed by atoms with Crippen LogP contribution in [0.15, 0.2) is 18.2 Å². The summed E-state index contributed by atoms with van der Waals surface area (Å²) in [7, 11) is 0. The van der Waals surface area contributed by atoms with Gasteiger partial charge in [-0.05, 0) is 37.6 Å². The van der Waals surface area contributed by atoms with Gasteiger partial charge in [0.2, 0.25) is 0 Å². The highest BCUT2D eigenvalue weighted by atomic mass is 35.5. The van der Waals surface area contributed by atoms with E-state index in [1.165, 1.54) is 0 Å². The van der Waals surface area contributed by atoms with Crippen LogP contribution in [0.3, 0.4) is 0 Å². The zero-order chi connectivity index (χ0) is 11.4. The van der Waals surface area contributed by atoms with Crippen LogP contribution in [0, 0.1) is 6.92 Å². The zero-order valence-corrected chi connectivity index (χ0v) is 9.43. The van der Waals surface area contributed by atoms with Gasteiger partial charge in [-0.1, -0.05) is 11.6 Å². The summed E-state index contributed by atoms with van der Waals surface area (Å²) in [6, 6.07) is 5.05. The van der Waals surface area contributed by atoms with Crippen LogP contribution in [0.4, 0.5) is 5.69 Å². The Hall–Kier alpha value is -1.26. The van der Waals surface area contributed by atoms with Crippen molar-refractivity contribution in [1.82, 2.24) is 5.43 Å². The molecule has 0 radical (unpaired) electrons. The average Bonchev–Trinajstić information content (AvgIpc) is 2.20. The third kappa shape index (κ3) is 3.11. The molecule has 0 aliphatic carbocycles. The van der Waals surface area contributed by atoms with Crippen molar-refractivity contribution in [2.75, 3.05) is 5.32 Å². The minimum atomic E-state index is -0.380. The van der Waals surface area contributed by atoms with E-state index < -0.39 is 0 Å². The van der Waals surface area contributed by atoms with E-state index in [0.29, 0.717) is 5.02 Å². The normalized spacial score (nSPS) is 12.0. The lowest BCUT2D eigenvalue weighted by atomic mass is 10.2. The van der Waals surface area contributed by atoms with Crippen LogP contribution in [-0.4, -0.2) is 11.9 Å². The molecule has 5 heteroatoms. The third-order valence-corrected chi connectivity index (χ3v) is 2.33. The number of anilines is 1. The number of carbonyl (C=O) groups is 1. The van der Waals surface area contributed by atoms with Gasteiger partial charge < -0.3 is 5.32 Å². The molecule has 0 unspecified atom stereocenters. The van der Waals surface area contributed by atoms with Crippen LogP contribution >= 0.6 is 11.6 Å². The number of hydrazine groups is 1. The summed E-state index contributed by atoms with van der Waals surface area (Å²) in [5.74, 6) is 4.77. The van der Waals surface area contributed by atoms with Crippen LogP contribution < -0.4 is 16.6 Å². The molecule has 0 spiro atoms. The molecule has 1 aromatic rings. The second-order valence-corrected chi connectivity index (χ2v) is 3.77. The van der Waals surface area contributed by atoms with Gasteiger partial charge in [-0.15, -0.1) is 0 Å². The molecule has 15 heavy (non-hydrogen) atoms. The van der Waals surface area contributed by atoms with Crippen molar-refractivity contribution in [2.24, 2.45) is 5.84 Å². The van der Waals surface area contributed by atoms with E-state index in [1.807, 2.05) is 19.1 Å². The molecule has 0 fully saturated rings. The molecule has 0 aromatic heterocycles. The van der Waals surface area contributed by atoms with Crippen LogP contribution in [0.25, 0.3) is 0 Å². The Morgan fingerprint density at radius 2 is 2.20 bits per heavy atom. The van der Waals surface area contributed by atoms with Crippen molar-refractivity contribution in [1.29, 1.82) is 0 Å². The standard InChI is InChI=1S/C10H14ClN3O/c1-6-5-8(11)3-4-9(6)13-7(2)10(15)14-12/h3-5,7,13H,12H2,1-2H3,(H,14,15)/t7-/m1/s1. The monoisotopic (exact) mass is 227 g/mol. The Morgan fingerprint density at radius 1 is 1.53 bits per heavy atom. The first-order valence-electron chi connectivity index (χ1n) is 4.57. The van der Waals surface area contributed by atoms with Crippen LogP contribution in [0.5, 0.6) is 0 Å². The SMILES string of the molecule is Cc1cc(Cl)ccc1N[C@H](C)C(=O)NN. The van der Waals surface area contributed by atoms with E-state index in [4.69, 9.17) is 17.4 Å². The number of nitrogens with two attached hydrogens (primary N) is 1. The van der Waals surface area contributed by atoms with E-state index in [1.54, 1.807) is 13.0 Å². The van der Waals surface area contributed by atoms with Crippen LogP contribution in [0.2, 0.25) is 5.02 Å². The summed E-state index contributed by atoms with van der Waals surface area (Å²) < 4.78 is 0. The van der Waals surface area contributed by atoms with Gasteiger partial charge in [-0.2, -0.15) is 0 Å². The molecule has 1 aromatic carbocycles. The van der Waals surface area contributed by atoms with Gasteiger partial charge in [0.25, 0.3) is 5.91 Å². The van der Waals surface area contributed by atoms with Crippen molar-refractivity contribution in [2.45, 2.75) is 19.9 Å². The molecule has 1 amide bonds. The third-order valence-electron chi connectivity index (χ3n) is 2.10. The van der Waals surface area contributed by atoms with E-state index >= 15 is 0 Å². The second-order valence-electron chi connectivity index (χ2n) is 3.33. The largest absolute Gasteiger partial charge is 0.374 e. The Bertz CT molecular complexity index is 368. The first kappa shape index (κ1) is 11.8. The molecule has 0 saturated carbocycles. The van der Waals surface area contributed by atoms with Crippen molar-refractivity contribution in [3.8, 4) is 0 Å². The number of benzene rings is 1. The van der Waals surface area contributed by atoms with Crippen molar-refractivity contribution in [3.63, 3.8) is 0 Å². The highest BCUT2D eigenvalue weighted by molar-refractivity contribution is 6.30. The molecule has 0 heterocycles. The van der Waals surface area contributed by atoms with E-state index in [0.717, 1.165) is 11.3 Å². The minimum Gasteiger partial charge on any atom is -0.374 e. The summed E-state index contributed by atoms with van der Waals surface area (Å²) in [4.78, 5) is 11.2. The lowest BCUT2D eigenvalue weighted by Crippen LogP contribution is -2.41. The van der Waals surface area contributed by atoms with Crippen molar-refractivity contribution in [3.05, 3.63) is 28.8 Å². The summed E-state index contributed by atoms with van der Waals surface area (Å²) in [6.07, 6.45) is 0. The van der Waals surface area contributed by atoms with Crippen molar-refractivity contribution < 1.29 is 4.79 Å². The van der Waals surface area contributed by atoms with Gasteiger partial charge in [-0.25, -0.2) is 5.84 Å². The van der Waals surface area contributed by atoms with Gasteiger partial charge in [-0.3, -0.25) is 10.2 Å². The smallest absolute Gasteiger partial charge is 0.256 e. The number of amides is 1. The van der Waals surface area contributed by atoms with Gasteiger partial charge in [0.1, 0.15) is 6.04 Å². The number of rotatable bonds is 3. The van der Waals surface area contributed by atoms with E-state index in [9.17, 15) is 4.79 Å².